The van der Waals surface area contributed by atoms with Gasteiger partial charge >= 0.3 is 0 Å². The van der Waals surface area contributed by atoms with E-state index in [1.807, 2.05) is 24.3 Å². The maximum atomic E-state index is 12.9. The van der Waals surface area contributed by atoms with Crippen LogP contribution < -0.4 is 10.5 Å². The number of piperazine rings is 1. The van der Waals surface area contributed by atoms with E-state index in [9.17, 15) is 9.59 Å². The molecule has 1 aliphatic heterocycles. The molecular weight excluding hydrogens is 378 g/mol. The van der Waals surface area contributed by atoms with E-state index in [0.717, 1.165) is 5.69 Å². The van der Waals surface area contributed by atoms with Gasteiger partial charge in [-0.3, -0.25) is 9.59 Å². The molecule has 1 aliphatic rings. The summed E-state index contributed by atoms with van der Waals surface area (Å²) in [4.78, 5) is 29.6. The molecule has 3 aromatic rings. The predicted octanol–water partition coefficient (Wildman–Crippen LogP) is 2.35. The van der Waals surface area contributed by atoms with Gasteiger partial charge in [-0.05, 0) is 37.3 Å². The number of anilines is 1. The van der Waals surface area contributed by atoms with E-state index in [1.165, 1.54) is 4.68 Å². The number of hydrogen-bond donors (Lipinski definition) is 0. The number of nitrogens with zero attached hydrogens (tertiary/aromatic N) is 5. The number of carbonyl (C=O) groups is 1. The first-order valence-electron chi connectivity index (χ1n) is 9.18. The Morgan fingerprint density at radius 1 is 1.07 bits per heavy atom. The van der Waals surface area contributed by atoms with Crippen LogP contribution >= 0.6 is 11.6 Å². The van der Waals surface area contributed by atoms with Crippen LogP contribution in [0.5, 0.6) is 0 Å². The predicted molar refractivity (Wildman–Crippen MR) is 109 cm³/mol. The summed E-state index contributed by atoms with van der Waals surface area (Å²) in [7, 11) is 0. The van der Waals surface area contributed by atoms with Crippen molar-refractivity contribution in [3.63, 3.8) is 0 Å². The van der Waals surface area contributed by atoms with Gasteiger partial charge in [0.1, 0.15) is 11.6 Å². The lowest BCUT2D eigenvalue weighted by atomic mass is 10.2. The molecule has 144 valence electrons. The Morgan fingerprint density at radius 3 is 2.57 bits per heavy atom. The number of amides is 1. The first kappa shape index (κ1) is 18.4. The van der Waals surface area contributed by atoms with E-state index in [2.05, 4.69) is 15.2 Å². The number of rotatable bonds is 3. The van der Waals surface area contributed by atoms with Gasteiger partial charge in [-0.2, -0.15) is 4.68 Å². The third-order valence-corrected chi connectivity index (χ3v) is 5.32. The van der Waals surface area contributed by atoms with Crippen molar-refractivity contribution in [2.75, 3.05) is 31.1 Å². The zero-order valence-electron chi connectivity index (χ0n) is 15.5. The summed E-state index contributed by atoms with van der Waals surface area (Å²) in [6.45, 7) is 4.25. The van der Waals surface area contributed by atoms with Gasteiger partial charge < -0.3 is 9.80 Å². The molecule has 0 radical (unpaired) electrons. The Kier molecular flexibility index (Phi) is 5.00. The Morgan fingerprint density at radius 2 is 1.82 bits per heavy atom. The molecule has 28 heavy (non-hydrogen) atoms. The average molecular weight is 398 g/mol. The molecular formula is C20H20ClN5O2. The Hall–Kier alpha value is -2.93. The van der Waals surface area contributed by atoms with Gasteiger partial charge in [0.25, 0.3) is 5.56 Å². The van der Waals surface area contributed by atoms with Crippen LogP contribution in [0.4, 0.5) is 5.69 Å². The highest BCUT2D eigenvalue weighted by atomic mass is 35.5. The quantitative estimate of drug-likeness (QED) is 0.678. The number of benzene rings is 2. The Balaban J connectivity index is 1.48. The largest absolute Gasteiger partial charge is 0.368 e. The summed E-state index contributed by atoms with van der Waals surface area (Å²) in [5, 5.41) is 9.20. The molecule has 8 heteroatoms. The first-order chi connectivity index (χ1) is 13.5. The fourth-order valence-electron chi connectivity index (χ4n) is 3.48. The number of carbonyl (C=O) groups excluding carboxylic acids is 1. The molecule has 1 aromatic heterocycles. The van der Waals surface area contributed by atoms with Crippen molar-refractivity contribution in [2.24, 2.45) is 0 Å². The highest BCUT2D eigenvalue weighted by molar-refractivity contribution is 6.30. The van der Waals surface area contributed by atoms with Crippen LogP contribution in [0.2, 0.25) is 5.02 Å². The molecule has 1 atom stereocenters. The summed E-state index contributed by atoms with van der Waals surface area (Å²) >= 11 is 6.07. The summed E-state index contributed by atoms with van der Waals surface area (Å²) in [6.07, 6.45) is 0. The van der Waals surface area contributed by atoms with Gasteiger partial charge in [0.2, 0.25) is 5.91 Å². The maximum Gasteiger partial charge on any atom is 0.278 e. The fraction of sp³-hybridized carbons (Fsp3) is 0.300. The van der Waals surface area contributed by atoms with Crippen LogP contribution in [-0.4, -0.2) is 52.0 Å². The molecule has 0 spiro atoms. The van der Waals surface area contributed by atoms with E-state index in [4.69, 9.17) is 11.6 Å². The van der Waals surface area contributed by atoms with Gasteiger partial charge in [-0.15, -0.1) is 5.10 Å². The SMILES string of the molecule is CC(C(=O)N1CCN(c2cccc(Cl)c2)CC1)n1nnc2ccccc2c1=O. The van der Waals surface area contributed by atoms with Crippen molar-refractivity contribution in [1.82, 2.24) is 19.9 Å². The summed E-state index contributed by atoms with van der Waals surface area (Å²) in [5.41, 5.74) is 1.27. The number of fused-ring (bicyclic) bond motifs is 1. The van der Waals surface area contributed by atoms with Crippen LogP contribution in [0.15, 0.2) is 53.3 Å². The minimum Gasteiger partial charge on any atom is -0.368 e. The molecule has 2 aromatic carbocycles. The van der Waals surface area contributed by atoms with Crippen molar-refractivity contribution >= 4 is 34.1 Å². The summed E-state index contributed by atoms with van der Waals surface area (Å²) in [6, 6.07) is 14.0. The van der Waals surface area contributed by atoms with Gasteiger partial charge in [0.15, 0.2) is 0 Å². The van der Waals surface area contributed by atoms with Crippen molar-refractivity contribution in [1.29, 1.82) is 0 Å². The van der Waals surface area contributed by atoms with Gasteiger partial charge in [-0.1, -0.05) is 35.0 Å². The normalized spacial score (nSPS) is 15.6. The highest BCUT2D eigenvalue weighted by Gasteiger charge is 2.27. The van der Waals surface area contributed by atoms with Crippen LogP contribution in [0.25, 0.3) is 10.9 Å². The van der Waals surface area contributed by atoms with Crippen molar-refractivity contribution in [3.05, 3.63) is 63.9 Å². The lowest BCUT2D eigenvalue weighted by molar-refractivity contribution is -0.135. The van der Waals surface area contributed by atoms with E-state index in [1.54, 1.807) is 36.1 Å². The topological polar surface area (TPSA) is 71.3 Å². The number of halogens is 1. The second-order valence-electron chi connectivity index (χ2n) is 6.82. The van der Waals surface area contributed by atoms with E-state index < -0.39 is 6.04 Å². The van der Waals surface area contributed by atoms with Crippen molar-refractivity contribution in [3.8, 4) is 0 Å². The molecule has 0 saturated carbocycles. The molecule has 1 unspecified atom stereocenters. The monoisotopic (exact) mass is 397 g/mol. The minimum atomic E-state index is -0.706. The maximum absolute atomic E-state index is 12.9. The Bertz CT molecular complexity index is 1080. The van der Waals surface area contributed by atoms with Gasteiger partial charge in [-0.25, -0.2) is 0 Å². The molecule has 1 amide bonds. The molecule has 1 fully saturated rings. The molecule has 0 bridgehead atoms. The lowest BCUT2D eigenvalue weighted by Crippen LogP contribution is -2.51. The first-order valence-corrected chi connectivity index (χ1v) is 9.56. The molecule has 7 nitrogen and oxygen atoms in total. The van der Waals surface area contributed by atoms with Crippen LogP contribution in [0.3, 0.4) is 0 Å². The van der Waals surface area contributed by atoms with E-state index in [0.29, 0.717) is 42.1 Å². The third kappa shape index (κ3) is 3.45. The van der Waals surface area contributed by atoms with Crippen molar-refractivity contribution < 1.29 is 4.79 Å². The van der Waals surface area contributed by atoms with Gasteiger partial charge in [0, 0.05) is 36.9 Å². The number of hydrogen-bond acceptors (Lipinski definition) is 5. The third-order valence-electron chi connectivity index (χ3n) is 5.08. The highest BCUT2D eigenvalue weighted by Crippen LogP contribution is 2.21. The van der Waals surface area contributed by atoms with Crippen LogP contribution in [-0.2, 0) is 4.79 Å². The van der Waals surface area contributed by atoms with Crippen molar-refractivity contribution in [2.45, 2.75) is 13.0 Å². The summed E-state index contributed by atoms with van der Waals surface area (Å²) in [5.74, 6) is -0.127. The van der Waals surface area contributed by atoms with Gasteiger partial charge in [0.05, 0.1) is 5.39 Å². The summed E-state index contributed by atoms with van der Waals surface area (Å²) < 4.78 is 1.17. The van der Waals surface area contributed by atoms with E-state index in [-0.39, 0.29) is 11.5 Å². The Labute approximate surface area is 167 Å². The van der Waals surface area contributed by atoms with E-state index >= 15 is 0 Å². The number of aromatic nitrogens is 3. The second-order valence-corrected chi connectivity index (χ2v) is 7.26. The molecule has 2 heterocycles. The standard InChI is InChI=1S/C20H20ClN5O2/c1-14(26-20(28)17-7-2-3-8-18(17)22-23-26)19(27)25-11-9-24(10-12-25)16-6-4-5-15(21)13-16/h2-8,13-14H,9-12H2,1H3. The average Bonchev–Trinajstić information content (AvgIpc) is 2.73. The molecule has 0 N–H and O–H groups in total. The lowest BCUT2D eigenvalue weighted by Gasteiger charge is -2.37. The molecule has 0 aliphatic carbocycles. The zero-order chi connectivity index (χ0) is 19.7. The minimum absolute atomic E-state index is 0.127. The molecule has 1 saturated heterocycles. The second kappa shape index (κ2) is 7.59. The smallest absolute Gasteiger partial charge is 0.278 e. The van der Waals surface area contributed by atoms with Crippen LogP contribution in [0, 0.1) is 0 Å². The van der Waals surface area contributed by atoms with Crippen LogP contribution in [0.1, 0.15) is 13.0 Å². The zero-order valence-corrected chi connectivity index (χ0v) is 16.2. The fourth-order valence-corrected chi connectivity index (χ4v) is 3.67. The molecule has 4 rings (SSSR count).